The highest BCUT2D eigenvalue weighted by molar-refractivity contribution is 5.98. The average Bonchev–Trinajstić information content (AvgIpc) is 2.78. The quantitative estimate of drug-likeness (QED) is 0.823. The number of nitrogens with zero attached hydrogens (tertiary/aromatic N) is 2. The number of ether oxygens (including phenoxy) is 1. The van der Waals surface area contributed by atoms with Crippen molar-refractivity contribution in [2.45, 2.75) is 13.8 Å². The van der Waals surface area contributed by atoms with Gasteiger partial charge < -0.3 is 15.4 Å². The summed E-state index contributed by atoms with van der Waals surface area (Å²) < 4.78 is 6.75. The molecule has 2 aromatic rings. The normalized spacial score (nSPS) is 10.3. The number of nitrogens with one attached hydrogen (secondary N) is 2. The second-order valence-electron chi connectivity index (χ2n) is 5.09. The summed E-state index contributed by atoms with van der Waals surface area (Å²) in [5, 5.41) is 9.84. The fourth-order valence-corrected chi connectivity index (χ4v) is 2.22. The summed E-state index contributed by atoms with van der Waals surface area (Å²) in [5.41, 5.74) is 3.23. The molecule has 1 heterocycles. The predicted octanol–water partition coefficient (Wildman–Crippen LogP) is 1.87. The van der Waals surface area contributed by atoms with Gasteiger partial charge in [0.2, 0.25) is 0 Å². The minimum atomic E-state index is -0.551. The Hall–Kier alpha value is -2.83. The molecule has 0 aliphatic carbocycles. The highest BCUT2D eigenvalue weighted by Crippen LogP contribution is 2.18. The number of hydrogen-bond acceptors (Lipinski definition) is 5. The van der Waals surface area contributed by atoms with Crippen LogP contribution in [0.5, 0.6) is 0 Å². The summed E-state index contributed by atoms with van der Waals surface area (Å²) in [6, 6.07) is 6.95. The van der Waals surface area contributed by atoms with E-state index in [1.165, 1.54) is 0 Å². The molecule has 1 aromatic heterocycles. The van der Waals surface area contributed by atoms with Crippen molar-refractivity contribution in [1.29, 1.82) is 0 Å². The Morgan fingerprint density at radius 2 is 1.96 bits per heavy atom. The summed E-state index contributed by atoms with van der Waals surface area (Å²) >= 11 is 0. The first kappa shape index (κ1) is 16.5. The van der Waals surface area contributed by atoms with E-state index in [1.807, 2.05) is 13.0 Å². The van der Waals surface area contributed by atoms with Gasteiger partial charge in [0.1, 0.15) is 0 Å². The van der Waals surface area contributed by atoms with Gasteiger partial charge in [0.05, 0.1) is 22.6 Å². The van der Waals surface area contributed by atoms with Gasteiger partial charge in [-0.05, 0) is 26.0 Å². The first-order valence-corrected chi connectivity index (χ1v) is 7.18. The lowest BCUT2D eigenvalue weighted by atomic mass is 10.2. The third-order valence-electron chi connectivity index (χ3n) is 3.52. The first-order valence-electron chi connectivity index (χ1n) is 7.18. The van der Waals surface area contributed by atoms with E-state index in [-0.39, 0.29) is 6.61 Å². The average molecular weight is 316 g/mol. The Balaban J connectivity index is 1.98. The van der Waals surface area contributed by atoms with Gasteiger partial charge in [0.25, 0.3) is 5.91 Å². The van der Waals surface area contributed by atoms with Gasteiger partial charge in [-0.2, -0.15) is 5.10 Å². The third-order valence-corrected chi connectivity index (χ3v) is 3.52. The molecule has 0 aliphatic heterocycles. The number of carbonyl (C=O) groups excluding carboxylic acids is 2. The maximum atomic E-state index is 12.1. The van der Waals surface area contributed by atoms with E-state index in [4.69, 9.17) is 4.74 Å². The van der Waals surface area contributed by atoms with Crippen LogP contribution in [0.3, 0.4) is 0 Å². The first-order chi connectivity index (χ1) is 10.9. The Morgan fingerprint density at radius 1 is 1.26 bits per heavy atom. The van der Waals surface area contributed by atoms with Crippen LogP contribution >= 0.6 is 0 Å². The van der Waals surface area contributed by atoms with Crippen molar-refractivity contribution < 1.29 is 14.3 Å². The molecular weight excluding hydrogens is 296 g/mol. The minimum absolute atomic E-state index is 0.356. The summed E-state index contributed by atoms with van der Waals surface area (Å²) in [4.78, 5) is 24.0. The van der Waals surface area contributed by atoms with Crippen molar-refractivity contribution in [3.8, 4) is 0 Å². The number of aryl methyl sites for hydroxylation is 2. The molecule has 1 amide bonds. The van der Waals surface area contributed by atoms with Gasteiger partial charge >= 0.3 is 5.97 Å². The van der Waals surface area contributed by atoms with Crippen LogP contribution in [-0.2, 0) is 16.6 Å². The van der Waals surface area contributed by atoms with E-state index in [9.17, 15) is 9.59 Å². The molecule has 2 rings (SSSR count). The van der Waals surface area contributed by atoms with Gasteiger partial charge in [-0.3, -0.25) is 9.48 Å². The van der Waals surface area contributed by atoms with Crippen LogP contribution in [0.1, 0.15) is 21.7 Å². The smallest absolute Gasteiger partial charge is 0.340 e. The van der Waals surface area contributed by atoms with E-state index >= 15 is 0 Å². The van der Waals surface area contributed by atoms with E-state index < -0.39 is 11.9 Å². The van der Waals surface area contributed by atoms with Gasteiger partial charge in [0.15, 0.2) is 6.61 Å². The van der Waals surface area contributed by atoms with Crippen LogP contribution in [0.2, 0.25) is 0 Å². The predicted molar refractivity (Wildman–Crippen MR) is 87.6 cm³/mol. The second-order valence-corrected chi connectivity index (χ2v) is 5.09. The third kappa shape index (κ3) is 3.68. The van der Waals surface area contributed by atoms with E-state index in [0.717, 1.165) is 5.69 Å². The van der Waals surface area contributed by atoms with Crippen molar-refractivity contribution in [3.05, 3.63) is 41.2 Å². The van der Waals surface area contributed by atoms with Crippen molar-refractivity contribution >= 4 is 23.3 Å². The highest BCUT2D eigenvalue weighted by Gasteiger charge is 2.16. The van der Waals surface area contributed by atoms with Crippen LogP contribution in [0.4, 0.5) is 11.4 Å². The molecule has 7 heteroatoms. The molecule has 0 spiro atoms. The Bertz CT molecular complexity index is 737. The Kier molecular flexibility index (Phi) is 5.00. The monoisotopic (exact) mass is 316 g/mol. The van der Waals surface area contributed by atoms with Gasteiger partial charge in [-0.15, -0.1) is 0 Å². The molecule has 0 saturated carbocycles. The lowest BCUT2D eigenvalue weighted by molar-refractivity contribution is -0.119. The zero-order valence-corrected chi connectivity index (χ0v) is 13.6. The van der Waals surface area contributed by atoms with Crippen molar-refractivity contribution in [2.24, 2.45) is 7.05 Å². The number of aromatic nitrogens is 2. The largest absolute Gasteiger partial charge is 0.452 e. The number of benzene rings is 1. The standard InChI is InChI=1S/C16H20N4O3/c1-10-15(11(2)20(4)19-10)18-14(21)9-23-16(22)12-7-5-6-8-13(12)17-3/h5-8,17H,9H2,1-4H3,(H,18,21). The van der Waals surface area contributed by atoms with Gasteiger partial charge in [-0.25, -0.2) is 4.79 Å². The lowest BCUT2D eigenvalue weighted by Gasteiger charge is -2.09. The molecule has 0 radical (unpaired) electrons. The number of amides is 1. The van der Waals surface area contributed by atoms with Gasteiger partial charge in [0, 0.05) is 19.8 Å². The van der Waals surface area contributed by atoms with Crippen LogP contribution in [-0.4, -0.2) is 35.3 Å². The molecule has 0 saturated heterocycles. The van der Waals surface area contributed by atoms with Crippen LogP contribution in [0.15, 0.2) is 24.3 Å². The molecule has 2 N–H and O–H groups in total. The van der Waals surface area contributed by atoms with E-state index in [2.05, 4.69) is 15.7 Å². The molecule has 1 aromatic carbocycles. The van der Waals surface area contributed by atoms with Crippen LogP contribution < -0.4 is 10.6 Å². The summed E-state index contributed by atoms with van der Waals surface area (Å²) in [5.74, 6) is -0.954. The maximum absolute atomic E-state index is 12.1. The minimum Gasteiger partial charge on any atom is -0.452 e. The zero-order chi connectivity index (χ0) is 17.0. The molecule has 0 unspecified atom stereocenters. The highest BCUT2D eigenvalue weighted by atomic mass is 16.5. The van der Waals surface area contributed by atoms with Crippen molar-refractivity contribution in [2.75, 3.05) is 24.3 Å². The van der Waals surface area contributed by atoms with Crippen LogP contribution in [0.25, 0.3) is 0 Å². The fraction of sp³-hybridized carbons (Fsp3) is 0.312. The molecule has 0 atom stereocenters. The number of rotatable bonds is 5. The number of para-hydroxylation sites is 1. The number of hydrogen-bond donors (Lipinski definition) is 2. The van der Waals surface area contributed by atoms with Gasteiger partial charge in [-0.1, -0.05) is 12.1 Å². The van der Waals surface area contributed by atoms with E-state index in [0.29, 0.717) is 22.6 Å². The summed E-state index contributed by atoms with van der Waals surface area (Å²) in [6.07, 6.45) is 0. The fourth-order valence-electron chi connectivity index (χ4n) is 2.22. The Morgan fingerprint density at radius 3 is 2.57 bits per heavy atom. The molecule has 0 bridgehead atoms. The topological polar surface area (TPSA) is 85.2 Å². The molecular formula is C16H20N4O3. The molecule has 0 aliphatic rings. The summed E-state index contributed by atoms with van der Waals surface area (Å²) in [7, 11) is 3.51. The number of anilines is 2. The van der Waals surface area contributed by atoms with E-state index in [1.54, 1.807) is 43.9 Å². The van der Waals surface area contributed by atoms with Crippen molar-refractivity contribution in [1.82, 2.24) is 9.78 Å². The van der Waals surface area contributed by atoms with Crippen LogP contribution in [0, 0.1) is 13.8 Å². The summed E-state index contributed by atoms with van der Waals surface area (Å²) in [6.45, 7) is 3.30. The SMILES string of the molecule is CNc1ccccc1C(=O)OCC(=O)Nc1c(C)nn(C)c1C. The lowest BCUT2D eigenvalue weighted by Crippen LogP contribution is -2.22. The molecule has 7 nitrogen and oxygen atoms in total. The zero-order valence-electron chi connectivity index (χ0n) is 13.6. The number of carbonyl (C=O) groups is 2. The number of esters is 1. The maximum Gasteiger partial charge on any atom is 0.340 e. The molecule has 122 valence electrons. The molecule has 0 fully saturated rings. The van der Waals surface area contributed by atoms with Crippen molar-refractivity contribution in [3.63, 3.8) is 0 Å². The molecule has 23 heavy (non-hydrogen) atoms. The Labute approximate surface area is 134 Å². The second kappa shape index (κ2) is 6.95.